The predicted octanol–water partition coefficient (Wildman–Crippen LogP) is 3.42. The predicted molar refractivity (Wildman–Crippen MR) is 90.6 cm³/mol. The Morgan fingerprint density at radius 1 is 1.23 bits per heavy atom. The fourth-order valence-electron chi connectivity index (χ4n) is 2.23. The van der Waals surface area contributed by atoms with Gasteiger partial charge >= 0.3 is 6.18 Å². The number of anilines is 1. The van der Waals surface area contributed by atoms with E-state index in [0.717, 1.165) is 24.0 Å². The number of hydrogen-bond donors (Lipinski definition) is 1. The molecule has 0 aliphatic heterocycles. The van der Waals surface area contributed by atoms with Crippen molar-refractivity contribution >= 4 is 29.1 Å². The van der Waals surface area contributed by atoms with Gasteiger partial charge in [-0.3, -0.25) is 14.6 Å². The number of nitrogens with zero attached hydrogens (tertiary/aromatic N) is 2. The second kappa shape index (κ2) is 8.18. The first-order valence-corrected chi connectivity index (χ1v) is 7.87. The molecule has 0 saturated carbocycles. The Morgan fingerprint density at radius 3 is 2.54 bits per heavy atom. The van der Waals surface area contributed by atoms with Crippen LogP contribution in [0.4, 0.5) is 18.9 Å². The molecule has 9 heteroatoms. The molecule has 0 aliphatic carbocycles. The Morgan fingerprint density at radius 2 is 1.96 bits per heavy atom. The molecule has 0 unspecified atom stereocenters. The van der Waals surface area contributed by atoms with Gasteiger partial charge in [-0.1, -0.05) is 17.7 Å². The summed E-state index contributed by atoms with van der Waals surface area (Å²) < 4.78 is 39.8. The van der Waals surface area contributed by atoms with E-state index in [9.17, 15) is 22.8 Å². The number of benzene rings is 1. The molecule has 0 spiro atoms. The Bertz CT molecular complexity index is 798. The minimum Gasteiger partial charge on any atom is -0.349 e. The molecule has 2 rings (SSSR count). The Hall–Kier alpha value is -2.61. The lowest BCUT2D eigenvalue weighted by Crippen LogP contribution is -2.40. The van der Waals surface area contributed by atoms with E-state index in [1.165, 1.54) is 6.07 Å². The van der Waals surface area contributed by atoms with Crippen molar-refractivity contribution in [2.45, 2.75) is 19.6 Å². The van der Waals surface area contributed by atoms with Crippen molar-refractivity contribution in [3.8, 4) is 0 Å². The number of carbonyl (C=O) groups is 2. The van der Waals surface area contributed by atoms with Gasteiger partial charge in [0.1, 0.15) is 6.54 Å². The summed E-state index contributed by atoms with van der Waals surface area (Å²) in [6.07, 6.45) is -3.18. The lowest BCUT2D eigenvalue weighted by atomic mass is 10.1. The molecule has 26 heavy (non-hydrogen) atoms. The highest BCUT2D eigenvalue weighted by molar-refractivity contribution is 6.30. The molecule has 2 amide bonds. The zero-order valence-corrected chi connectivity index (χ0v) is 14.4. The van der Waals surface area contributed by atoms with Crippen molar-refractivity contribution in [2.75, 3.05) is 11.4 Å². The highest BCUT2D eigenvalue weighted by Crippen LogP contribution is 2.38. The normalized spacial score (nSPS) is 11.1. The maximum absolute atomic E-state index is 13.3. The number of hydrogen-bond acceptors (Lipinski definition) is 3. The lowest BCUT2D eigenvalue weighted by Gasteiger charge is -2.24. The van der Waals surface area contributed by atoms with E-state index in [2.05, 4.69) is 10.3 Å². The van der Waals surface area contributed by atoms with Gasteiger partial charge in [0, 0.05) is 18.1 Å². The summed E-state index contributed by atoms with van der Waals surface area (Å²) in [6, 6.07) is 8.15. The maximum atomic E-state index is 13.3. The first-order valence-electron chi connectivity index (χ1n) is 7.50. The van der Waals surface area contributed by atoms with Crippen molar-refractivity contribution in [3.05, 3.63) is 58.9 Å². The van der Waals surface area contributed by atoms with Gasteiger partial charge in [0.05, 0.1) is 23.5 Å². The summed E-state index contributed by atoms with van der Waals surface area (Å²) in [5.74, 6) is -1.32. The van der Waals surface area contributed by atoms with Crippen LogP contribution in [-0.2, 0) is 22.3 Å². The highest BCUT2D eigenvalue weighted by Gasteiger charge is 2.36. The summed E-state index contributed by atoms with van der Waals surface area (Å²) in [5.41, 5.74) is -0.933. The molecule has 0 aliphatic rings. The Balaban J connectivity index is 2.19. The van der Waals surface area contributed by atoms with Crippen molar-refractivity contribution in [1.82, 2.24) is 10.3 Å². The van der Waals surface area contributed by atoms with E-state index in [4.69, 9.17) is 11.6 Å². The van der Waals surface area contributed by atoms with E-state index >= 15 is 0 Å². The summed E-state index contributed by atoms with van der Waals surface area (Å²) in [4.78, 5) is 28.7. The van der Waals surface area contributed by atoms with Gasteiger partial charge in [0.25, 0.3) is 0 Å². The fourth-order valence-corrected chi connectivity index (χ4v) is 2.40. The highest BCUT2D eigenvalue weighted by atomic mass is 35.5. The van der Waals surface area contributed by atoms with E-state index in [0.29, 0.717) is 5.69 Å². The van der Waals surface area contributed by atoms with E-state index in [-0.39, 0.29) is 11.6 Å². The third-order valence-corrected chi connectivity index (χ3v) is 3.66. The zero-order valence-electron chi connectivity index (χ0n) is 13.7. The second-order valence-electron chi connectivity index (χ2n) is 5.36. The van der Waals surface area contributed by atoms with Gasteiger partial charge in [-0.05, 0) is 30.3 Å². The van der Waals surface area contributed by atoms with Crippen LogP contribution in [0.25, 0.3) is 0 Å². The van der Waals surface area contributed by atoms with Gasteiger partial charge in [-0.25, -0.2) is 0 Å². The summed E-state index contributed by atoms with van der Waals surface area (Å²) >= 11 is 5.64. The van der Waals surface area contributed by atoms with Crippen LogP contribution in [0.1, 0.15) is 18.2 Å². The first kappa shape index (κ1) is 19.7. The number of pyridine rings is 1. The third kappa shape index (κ3) is 5.19. The molecule has 1 N–H and O–H groups in total. The number of carbonyl (C=O) groups excluding carboxylic acids is 2. The zero-order chi connectivity index (χ0) is 19.3. The summed E-state index contributed by atoms with van der Waals surface area (Å²) in [7, 11) is 0. The molecule has 0 bridgehead atoms. The van der Waals surface area contributed by atoms with Gasteiger partial charge in [0.15, 0.2) is 0 Å². The Labute approximate surface area is 152 Å². The van der Waals surface area contributed by atoms with Crippen LogP contribution in [-0.4, -0.2) is 23.3 Å². The van der Waals surface area contributed by atoms with Crippen molar-refractivity contribution in [1.29, 1.82) is 0 Å². The molecule has 1 heterocycles. The largest absolute Gasteiger partial charge is 0.418 e. The number of halogens is 4. The number of rotatable bonds is 5. The first-order chi connectivity index (χ1) is 12.2. The van der Waals surface area contributed by atoms with Gasteiger partial charge in [-0.15, -0.1) is 0 Å². The van der Waals surface area contributed by atoms with E-state index in [1.54, 1.807) is 24.4 Å². The van der Waals surface area contributed by atoms with Crippen molar-refractivity contribution in [3.63, 3.8) is 0 Å². The monoisotopic (exact) mass is 385 g/mol. The smallest absolute Gasteiger partial charge is 0.349 e. The second-order valence-corrected chi connectivity index (χ2v) is 5.80. The molecule has 0 radical (unpaired) electrons. The van der Waals surface area contributed by atoms with Gasteiger partial charge in [-0.2, -0.15) is 13.2 Å². The number of nitrogens with one attached hydrogen (secondary N) is 1. The molecular formula is C17H15ClF3N3O2. The van der Waals surface area contributed by atoms with Crippen LogP contribution in [0.15, 0.2) is 42.6 Å². The van der Waals surface area contributed by atoms with Crippen LogP contribution < -0.4 is 10.2 Å². The SMILES string of the molecule is CC(=O)N(CC(=O)NCc1ccccn1)c1ccc(Cl)cc1C(F)(F)F. The maximum Gasteiger partial charge on any atom is 0.418 e. The van der Waals surface area contributed by atoms with Crippen LogP contribution in [0, 0.1) is 0 Å². The van der Waals surface area contributed by atoms with Crippen LogP contribution in [0.3, 0.4) is 0 Å². The quantitative estimate of drug-likeness (QED) is 0.857. The molecule has 1 aromatic carbocycles. The van der Waals surface area contributed by atoms with Crippen LogP contribution in [0.2, 0.25) is 5.02 Å². The van der Waals surface area contributed by atoms with Crippen LogP contribution in [0.5, 0.6) is 0 Å². The summed E-state index contributed by atoms with van der Waals surface area (Å²) in [5, 5.41) is 2.40. The van der Waals surface area contributed by atoms with E-state index in [1.807, 2.05) is 0 Å². The molecular weight excluding hydrogens is 371 g/mol. The molecule has 0 saturated heterocycles. The molecule has 0 fully saturated rings. The Kier molecular flexibility index (Phi) is 6.20. The third-order valence-electron chi connectivity index (χ3n) is 3.43. The minimum atomic E-state index is -4.72. The molecule has 2 aromatic rings. The molecule has 5 nitrogen and oxygen atoms in total. The molecule has 0 atom stereocenters. The topological polar surface area (TPSA) is 62.3 Å². The average molecular weight is 386 g/mol. The lowest BCUT2D eigenvalue weighted by molar-refractivity contribution is -0.137. The standard InChI is InChI=1S/C17H15ClF3N3O2/c1-11(25)24(10-16(26)23-9-13-4-2-3-7-22-13)15-6-5-12(18)8-14(15)17(19,20)21/h2-8H,9-10H2,1H3,(H,23,26). The molecule has 138 valence electrons. The number of aromatic nitrogens is 1. The van der Waals surface area contributed by atoms with E-state index < -0.39 is 35.8 Å². The number of alkyl halides is 3. The minimum absolute atomic E-state index is 0.0954. The summed E-state index contributed by atoms with van der Waals surface area (Å²) in [6.45, 7) is 0.617. The van der Waals surface area contributed by atoms with Gasteiger partial charge in [0.2, 0.25) is 11.8 Å². The average Bonchev–Trinajstić information content (AvgIpc) is 2.58. The fraction of sp³-hybridized carbons (Fsp3) is 0.235. The molecule has 1 aromatic heterocycles. The van der Waals surface area contributed by atoms with Crippen molar-refractivity contribution in [2.24, 2.45) is 0 Å². The van der Waals surface area contributed by atoms with Gasteiger partial charge < -0.3 is 10.2 Å². The number of amides is 2. The van der Waals surface area contributed by atoms with Crippen LogP contribution >= 0.6 is 11.6 Å². The van der Waals surface area contributed by atoms with Crippen molar-refractivity contribution < 1.29 is 22.8 Å².